The largest absolute Gasteiger partial charge is 0.349 e. The van der Waals surface area contributed by atoms with Crippen molar-refractivity contribution < 1.29 is 9.59 Å². The highest BCUT2D eigenvalue weighted by molar-refractivity contribution is 7.80. The Labute approximate surface area is 123 Å². The van der Waals surface area contributed by atoms with E-state index in [-0.39, 0.29) is 17.9 Å². The maximum atomic E-state index is 12.0. The van der Waals surface area contributed by atoms with E-state index >= 15 is 0 Å². The first kappa shape index (κ1) is 14.9. The van der Waals surface area contributed by atoms with Gasteiger partial charge in [0.1, 0.15) is 0 Å². The zero-order valence-electron chi connectivity index (χ0n) is 11.6. The Balaban J connectivity index is 1.80. The molecule has 2 rings (SSSR count). The summed E-state index contributed by atoms with van der Waals surface area (Å²) in [5.74, 6) is 0.631. The molecule has 1 aromatic heterocycles. The minimum Gasteiger partial charge on any atom is -0.349 e. The first-order valence-corrected chi connectivity index (χ1v) is 7.41. The highest BCUT2D eigenvalue weighted by Gasteiger charge is 2.23. The zero-order valence-corrected chi connectivity index (χ0v) is 12.5. The normalized spacial score (nSPS) is 16.2. The van der Waals surface area contributed by atoms with Gasteiger partial charge >= 0.3 is 0 Å². The standard InChI is InChI=1S/C13H20N4O2S/c1-16-9-10(8-14-16)13(19)15-11-2-5-17(6-3-11)12(18)4-7-20/h8-9,11,20H,2-7H2,1H3,(H,15,19). The van der Waals surface area contributed by atoms with Crippen molar-refractivity contribution in [2.75, 3.05) is 18.8 Å². The number of hydrogen-bond donors (Lipinski definition) is 2. The fourth-order valence-corrected chi connectivity index (χ4v) is 2.53. The number of amides is 2. The van der Waals surface area contributed by atoms with Gasteiger partial charge in [-0.2, -0.15) is 17.7 Å². The lowest BCUT2D eigenvalue weighted by molar-refractivity contribution is -0.131. The maximum absolute atomic E-state index is 12.0. The van der Waals surface area contributed by atoms with Crippen molar-refractivity contribution in [3.63, 3.8) is 0 Å². The summed E-state index contributed by atoms with van der Waals surface area (Å²) in [7, 11) is 1.78. The molecule has 0 saturated carbocycles. The molecule has 0 radical (unpaired) electrons. The molecule has 0 atom stereocenters. The molecule has 1 aromatic rings. The van der Waals surface area contributed by atoms with Crippen LogP contribution in [0.4, 0.5) is 0 Å². The fraction of sp³-hybridized carbons (Fsp3) is 0.615. The van der Waals surface area contributed by atoms with Gasteiger partial charge in [-0.05, 0) is 18.6 Å². The summed E-state index contributed by atoms with van der Waals surface area (Å²) in [4.78, 5) is 25.6. The van der Waals surface area contributed by atoms with E-state index in [0.717, 1.165) is 12.8 Å². The molecule has 7 heteroatoms. The smallest absolute Gasteiger partial charge is 0.254 e. The molecule has 20 heavy (non-hydrogen) atoms. The second-order valence-electron chi connectivity index (χ2n) is 5.00. The molecule has 110 valence electrons. The number of aryl methyl sites for hydroxylation is 1. The highest BCUT2D eigenvalue weighted by Crippen LogP contribution is 2.12. The molecular formula is C13H20N4O2S. The molecular weight excluding hydrogens is 276 g/mol. The van der Waals surface area contributed by atoms with Gasteiger partial charge in [0.15, 0.2) is 0 Å². The summed E-state index contributed by atoms with van der Waals surface area (Å²) in [5.41, 5.74) is 0.570. The predicted octanol–water partition coefficient (Wildman–Crippen LogP) is 0.461. The van der Waals surface area contributed by atoms with Crippen molar-refractivity contribution in [2.24, 2.45) is 7.05 Å². The lowest BCUT2D eigenvalue weighted by Gasteiger charge is -2.32. The van der Waals surface area contributed by atoms with Crippen LogP contribution in [0.15, 0.2) is 12.4 Å². The molecule has 0 aromatic carbocycles. The molecule has 0 aliphatic carbocycles. The summed E-state index contributed by atoms with van der Waals surface area (Å²) in [6, 6.07) is 0.128. The molecule has 2 amide bonds. The molecule has 0 bridgehead atoms. The minimum absolute atomic E-state index is 0.0989. The Morgan fingerprint density at radius 1 is 1.45 bits per heavy atom. The average molecular weight is 296 g/mol. The summed E-state index contributed by atoms with van der Waals surface area (Å²) in [6.07, 6.45) is 5.33. The summed E-state index contributed by atoms with van der Waals surface area (Å²) in [5, 5.41) is 6.98. The van der Waals surface area contributed by atoms with E-state index in [0.29, 0.717) is 30.8 Å². The molecule has 1 aliphatic rings. The second-order valence-corrected chi connectivity index (χ2v) is 5.45. The van der Waals surface area contributed by atoms with Crippen molar-refractivity contribution in [3.05, 3.63) is 18.0 Å². The number of carbonyl (C=O) groups is 2. The molecule has 1 fully saturated rings. The minimum atomic E-state index is -0.0989. The van der Waals surface area contributed by atoms with Gasteiger partial charge < -0.3 is 10.2 Å². The van der Waals surface area contributed by atoms with Crippen LogP contribution in [-0.4, -0.2) is 51.4 Å². The van der Waals surface area contributed by atoms with Crippen LogP contribution in [0.5, 0.6) is 0 Å². The lowest BCUT2D eigenvalue weighted by atomic mass is 10.0. The van der Waals surface area contributed by atoms with Crippen molar-refractivity contribution >= 4 is 24.4 Å². The summed E-state index contributed by atoms with van der Waals surface area (Å²) >= 11 is 4.07. The number of piperidine rings is 1. The number of nitrogens with one attached hydrogen (secondary N) is 1. The Kier molecular flexibility index (Phi) is 5.05. The van der Waals surface area contributed by atoms with Crippen LogP contribution in [0.25, 0.3) is 0 Å². The maximum Gasteiger partial charge on any atom is 0.254 e. The molecule has 6 nitrogen and oxygen atoms in total. The van der Waals surface area contributed by atoms with E-state index in [9.17, 15) is 9.59 Å². The van der Waals surface area contributed by atoms with E-state index in [1.807, 2.05) is 4.90 Å². The number of aromatic nitrogens is 2. The van der Waals surface area contributed by atoms with Gasteiger partial charge in [-0.25, -0.2) is 0 Å². The molecule has 0 spiro atoms. The third kappa shape index (κ3) is 3.75. The van der Waals surface area contributed by atoms with Crippen LogP contribution in [0.3, 0.4) is 0 Å². The van der Waals surface area contributed by atoms with E-state index in [4.69, 9.17) is 0 Å². The first-order chi connectivity index (χ1) is 9.60. The van der Waals surface area contributed by atoms with E-state index in [2.05, 4.69) is 23.0 Å². The summed E-state index contributed by atoms with van der Waals surface area (Å²) < 4.78 is 1.60. The van der Waals surface area contributed by atoms with Crippen molar-refractivity contribution in [2.45, 2.75) is 25.3 Å². The number of thiol groups is 1. The second kappa shape index (κ2) is 6.78. The van der Waals surface area contributed by atoms with Crippen LogP contribution in [0, 0.1) is 0 Å². The SMILES string of the molecule is Cn1cc(C(=O)NC2CCN(C(=O)CCS)CC2)cn1. The highest BCUT2D eigenvalue weighted by atomic mass is 32.1. The van der Waals surface area contributed by atoms with Crippen LogP contribution >= 0.6 is 12.6 Å². The monoisotopic (exact) mass is 296 g/mol. The third-order valence-corrected chi connectivity index (χ3v) is 3.70. The van der Waals surface area contributed by atoms with E-state index in [1.165, 1.54) is 0 Å². The molecule has 1 saturated heterocycles. The molecule has 1 N–H and O–H groups in total. The Hall–Kier alpha value is -1.50. The Bertz CT molecular complexity index is 480. The van der Waals surface area contributed by atoms with Gasteiger partial charge in [0.05, 0.1) is 11.8 Å². The van der Waals surface area contributed by atoms with Gasteiger partial charge in [0.2, 0.25) is 5.91 Å². The van der Waals surface area contributed by atoms with Crippen LogP contribution < -0.4 is 5.32 Å². The quantitative estimate of drug-likeness (QED) is 0.793. The number of rotatable bonds is 4. The first-order valence-electron chi connectivity index (χ1n) is 6.78. The number of carbonyl (C=O) groups excluding carboxylic acids is 2. The van der Waals surface area contributed by atoms with E-state index in [1.54, 1.807) is 24.1 Å². The number of hydrogen-bond acceptors (Lipinski definition) is 4. The number of likely N-dealkylation sites (tertiary alicyclic amines) is 1. The molecule has 1 aliphatic heterocycles. The Morgan fingerprint density at radius 2 is 2.15 bits per heavy atom. The van der Waals surface area contributed by atoms with E-state index < -0.39 is 0 Å². The third-order valence-electron chi connectivity index (χ3n) is 3.48. The zero-order chi connectivity index (χ0) is 14.5. The topological polar surface area (TPSA) is 67.2 Å². The predicted molar refractivity (Wildman–Crippen MR) is 78.7 cm³/mol. The fourth-order valence-electron chi connectivity index (χ4n) is 2.33. The van der Waals surface area contributed by atoms with Crippen LogP contribution in [-0.2, 0) is 11.8 Å². The van der Waals surface area contributed by atoms with Crippen molar-refractivity contribution in [3.8, 4) is 0 Å². The van der Waals surface area contributed by atoms with Gasteiger partial charge in [-0.3, -0.25) is 14.3 Å². The molecule has 2 heterocycles. The van der Waals surface area contributed by atoms with Crippen molar-refractivity contribution in [1.29, 1.82) is 0 Å². The van der Waals surface area contributed by atoms with Gasteiger partial charge in [0.25, 0.3) is 5.91 Å². The van der Waals surface area contributed by atoms with Crippen molar-refractivity contribution in [1.82, 2.24) is 20.0 Å². The van der Waals surface area contributed by atoms with Gasteiger partial charge in [-0.1, -0.05) is 0 Å². The van der Waals surface area contributed by atoms with Gasteiger partial charge in [-0.15, -0.1) is 0 Å². The van der Waals surface area contributed by atoms with Gasteiger partial charge in [0, 0.05) is 38.8 Å². The van der Waals surface area contributed by atoms with Crippen LogP contribution in [0.1, 0.15) is 29.6 Å². The summed E-state index contributed by atoms with van der Waals surface area (Å²) in [6.45, 7) is 1.40. The Morgan fingerprint density at radius 3 is 2.70 bits per heavy atom. The lowest BCUT2D eigenvalue weighted by Crippen LogP contribution is -2.46. The molecule has 0 unspecified atom stereocenters. The average Bonchev–Trinajstić information content (AvgIpc) is 2.86. The number of nitrogens with zero attached hydrogens (tertiary/aromatic N) is 3. The van der Waals surface area contributed by atoms with Crippen LogP contribution in [0.2, 0.25) is 0 Å².